The van der Waals surface area contributed by atoms with Gasteiger partial charge in [-0.15, -0.1) is 0 Å². The van der Waals surface area contributed by atoms with Crippen molar-refractivity contribution in [2.24, 2.45) is 5.92 Å². The Labute approximate surface area is 228 Å². The monoisotopic (exact) mass is 592 g/mol. The van der Waals surface area contributed by atoms with E-state index in [9.17, 15) is 40.3 Å². The van der Waals surface area contributed by atoms with Gasteiger partial charge >= 0.3 is 6.18 Å². The molecule has 16 heteroatoms. The number of carbonyl (C=O) groups excluding carboxylic acids is 2. The second-order valence-electron chi connectivity index (χ2n) is 9.96. The molecule has 0 aromatic carbocycles. The number of carbonyl (C=O) groups is 2. The highest BCUT2D eigenvalue weighted by atomic mass is 19.4. The van der Waals surface area contributed by atoms with E-state index in [0.717, 1.165) is 6.20 Å². The van der Waals surface area contributed by atoms with Crippen LogP contribution < -0.4 is 10.6 Å². The van der Waals surface area contributed by atoms with Crippen molar-refractivity contribution in [2.75, 3.05) is 6.54 Å². The Kier molecular flexibility index (Phi) is 8.87. The van der Waals surface area contributed by atoms with Crippen molar-refractivity contribution in [3.63, 3.8) is 0 Å². The molecule has 0 aliphatic heterocycles. The molecule has 0 radical (unpaired) electrons. The smallest absolute Gasteiger partial charge is 0.364 e. The van der Waals surface area contributed by atoms with Gasteiger partial charge in [-0.25, -0.2) is 27.1 Å². The second kappa shape index (κ2) is 12.0. The topological polar surface area (TPSA) is 114 Å². The first-order valence-electron chi connectivity index (χ1n) is 12.9. The van der Waals surface area contributed by atoms with Gasteiger partial charge in [0.25, 0.3) is 5.91 Å². The number of hydrogen-bond donors (Lipinski definition) is 2. The SMILES string of the molecule is CCc1conc1C(=O)NC(c1cn2ncc([C@@H](CC(F)F)C(=O)NCC(F)(F)F)cc2n1)C1CCC(F)(F)CC1. The van der Waals surface area contributed by atoms with Gasteiger partial charge in [0.1, 0.15) is 12.8 Å². The lowest BCUT2D eigenvalue weighted by Gasteiger charge is -2.33. The number of alkyl halides is 7. The number of amides is 2. The maximum atomic E-state index is 13.9. The molecule has 1 saturated carbocycles. The fourth-order valence-corrected chi connectivity index (χ4v) is 4.87. The average Bonchev–Trinajstić information content (AvgIpc) is 3.55. The molecule has 2 atom stereocenters. The van der Waals surface area contributed by atoms with E-state index in [4.69, 9.17) is 4.52 Å². The molecular weight excluding hydrogens is 565 g/mol. The molecule has 0 bridgehead atoms. The van der Waals surface area contributed by atoms with Crippen molar-refractivity contribution in [1.29, 1.82) is 0 Å². The third-order valence-electron chi connectivity index (χ3n) is 7.03. The largest absolute Gasteiger partial charge is 0.405 e. The maximum Gasteiger partial charge on any atom is 0.405 e. The van der Waals surface area contributed by atoms with E-state index in [-0.39, 0.29) is 35.4 Å². The first-order valence-corrected chi connectivity index (χ1v) is 12.9. The van der Waals surface area contributed by atoms with E-state index in [0.29, 0.717) is 12.0 Å². The van der Waals surface area contributed by atoms with E-state index in [2.05, 4.69) is 20.6 Å². The Balaban J connectivity index is 1.65. The van der Waals surface area contributed by atoms with Crippen molar-refractivity contribution in [2.45, 2.75) is 75.9 Å². The van der Waals surface area contributed by atoms with E-state index in [1.165, 1.54) is 23.0 Å². The van der Waals surface area contributed by atoms with E-state index >= 15 is 0 Å². The number of rotatable bonds is 10. The van der Waals surface area contributed by atoms with Gasteiger partial charge in [-0.05, 0) is 36.8 Å². The summed E-state index contributed by atoms with van der Waals surface area (Å²) in [5.41, 5.74) is 0.750. The van der Waals surface area contributed by atoms with Gasteiger partial charge < -0.3 is 15.2 Å². The van der Waals surface area contributed by atoms with Crippen LogP contribution in [0, 0.1) is 5.92 Å². The van der Waals surface area contributed by atoms with Gasteiger partial charge in [0, 0.05) is 24.8 Å². The number of aromatic nitrogens is 4. The molecule has 3 aromatic heterocycles. The van der Waals surface area contributed by atoms with Crippen LogP contribution in [0.2, 0.25) is 0 Å². The van der Waals surface area contributed by atoms with Crippen LogP contribution in [0.1, 0.15) is 78.3 Å². The number of nitrogens with zero attached hydrogens (tertiary/aromatic N) is 4. The molecule has 41 heavy (non-hydrogen) atoms. The maximum absolute atomic E-state index is 13.9. The molecule has 1 aliphatic carbocycles. The number of hydrogen-bond acceptors (Lipinski definition) is 6. The van der Waals surface area contributed by atoms with Gasteiger partial charge in [-0.1, -0.05) is 12.1 Å². The molecule has 1 aliphatic rings. The molecule has 0 spiro atoms. The van der Waals surface area contributed by atoms with Crippen molar-refractivity contribution in [3.8, 4) is 0 Å². The molecule has 2 N–H and O–H groups in total. The summed E-state index contributed by atoms with van der Waals surface area (Å²) in [6.45, 7) is 0.0991. The average molecular weight is 593 g/mol. The normalized spacial score (nSPS) is 17.5. The van der Waals surface area contributed by atoms with Crippen molar-refractivity contribution in [1.82, 2.24) is 30.4 Å². The van der Waals surface area contributed by atoms with Crippen LogP contribution in [-0.2, 0) is 11.2 Å². The first-order chi connectivity index (χ1) is 19.3. The van der Waals surface area contributed by atoms with Crippen molar-refractivity contribution >= 4 is 17.5 Å². The van der Waals surface area contributed by atoms with Crippen LogP contribution in [0.15, 0.2) is 29.2 Å². The van der Waals surface area contributed by atoms with E-state index < -0.39 is 74.0 Å². The number of aryl methyl sites for hydroxylation is 1. The van der Waals surface area contributed by atoms with E-state index in [1.54, 1.807) is 12.2 Å². The molecule has 3 aromatic rings. The van der Waals surface area contributed by atoms with Crippen LogP contribution in [0.5, 0.6) is 0 Å². The Morgan fingerprint density at radius 3 is 2.56 bits per heavy atom. The van der Waals surface area contributed by atoms with Crippen molar-refractivity contribution in [3.05, 3.63) is 47.2 Å². The predicted molar refractivity (Wildman–Crippen MR) is 128 cm³/mol. The zero-order chi connectivity index (χ0) is 29.9. The highest BCUT2D eigenvalue weighted by Gasteiger charge is 2.40. The highest BCUT2D eigenvalue weighted by molar-refractivity contribution is 5.93. The quantitative estimate of drug-likeness (QED) is 0.321. The molecule has 224 valence electrons. The lowest BCUT2D eigenvalue weighted by atomic mass is 9.81. The molecule has 9 nitrogen and oxygen atoms in total. The van der Waals surface area contributed by atoms with Gasteiger partial charge in [-0.3, -0.25) is 9.59 Å². The number of fused-ring (bicyclic) bond motifs is 1. The number of halogens is 7. The van der Waals surface area contributed by atoms with E-state index in [1.807, 2.05) is 0 Å². The third-order valence-corrected chi connectivity index (χ3v) is 7.03. The van der Waals surface area contributed by atoms with Gasteiger partial charge in [0.2, 0.25) is 18.3 Å². The molecule has 4 rings (SSSR count). The third kappa shape index (κ3) is 7.52. The summed E-state index contributed by atoms with van der Waals surface area (Å²) in [4.78, 5) is 29.9. The van der Waals surface area contributed by atoms with Crippen LogP contribution in [0.3, 0.4) is 0 Å². The van der Waals surface area contributed by atoms with Crippen LogP contribution in [-0.4, -0.2) is 56.6 Å². The van der Waals surface area contributed by atoms with Crippen LogP contribution in [0.4, 0.5) is 30.7 Å². The predicted octanol–water partition coefficient (Wildman–Crippen LogP) is 4.99. The van der Waals surface area contributed by atoms with Crippen molar-refractivity contribution < 1.29 is 44.8 Å². The number of nitrogens with one attached hydrogen (secondary N) is 2. The molecule has 1 fully saturated rings. The summed E-state index contributed by atoms with van der Waals surface area (Å²) in [7, 11) is 0. The summed E-state index contributed by atoms with van der Waals surface area (Å²) in [6, 6.07) is 0.370. The summed E-state index contributed by atoms with van der Waals surface area (Å²) in [6.07, 6.45) is -5.19. The van der Waals surface area contributed by atoms with Crippen LogP contribution in [0.25, 0.3) is 5.65 Å². The second-order valence-corrected chi connectivity index (χ2v) is 9.96. The molecule has 3 heterocycles. The minimum Gasteiger partial charge on any atom is -0.364 e. The van der Waals surface area contributed by atoms with Gasteiger partial charge in [0.05, 0.1) is 30.0 Å². The molecule has 1 unspecified atom stereocenters. The summed E-state index contributed by atoms with van der Waals surface area (Å²) >= 11 is 0. The minimum atomic E-state index is -4.74. The summed E-state index contributed by atoms with van der Waals surface area (Å²) in [5.74, 6) is -6.80. The standard InChI is InChI=1S/C25H27F7N6O3/c1-2-13-11-41-37-21(13)23(40)36-20(14-3-5-24(28,29)6-4-14)17-10-38-19(35-17)7-15(9-34-38)16(8-18(26)27)22(39)33-12-25(30,31)32/h7,9-11,14,16,18,20H,2-6,8,12H2,1H3,(H,33,39)(H,36,40)/t16-,20?/m1/s1. The minimum absolute atomic E-state index is 0.0301. The molecular formula is C25H27F7N6O3. The van der Waals surface area contributed by atoms with Gasteiger partial charge in [0.15, 0.2) is 11.3 Å². The molecule has 0 saturated heterocycles. The highest BCUT2D eigenvalue weighted by Crippen LogP contribution is 2.41. The Bertz CT molecular complexity index is 1360. The Hall–Kier alpha value is -3.72. The first kappa shape index (κ1) is 30.2. The summed E-state index contributed by atoms with van der Waals surface area (Å²) < 4.78 is 98.1. The zero-order valence-corrected chi connectivity index (χ0v) is 21.7. The fraction of sp³-hybridized carbons (Fsp3) is 0.560. The lowest BCUT2D eigenvalue weighted by molar-refractivity contribution is -0.139. The fourth-order valence-electron chi connectivity index (χ4n) is 4.87. The Morgan fingerprint density at radius 1 is 1.22 bits per heavy atom. The molecule has 2 amide bonds. The zero-order valence-electron chi connectivity index (χ0n) is 21.7. The summed E-state index contributed by atoms with van der Waals surface area (Å²) in [5, 5.41) is 12.2. The lowest BCUT2D eigenvalue weighted by Crippen LogP contribution is -2.37. The van der Waals surface area contributed by atoms with Crippen LogP contribution >= 0.6 is 0 Å². The van der Waals surface area contributed by atoms with Gasteiger partial charge in [-0.2, -0.15) is 18.3 Å². The Morgan fingerprint density at radius 2 is 1.93 bits per heavy atom. The number of imidazole rings is 1.